The normalized spacial score (nSPS) is 17.7. The van der Waals surface area contributed by atoms with E-state index in [4.69, 9.17) is 19.9 Å². The molecular weight excluding hydrogens is 270 g/mol. The number of nitrogen functional groups attached to an aromatic ring is 1. The molecule has 1 aromatic carbocycles. The predicted octanol–water partition coefficient (Wildman–Crippen LogP) is 2.78. The number of hydrogen-bond acceptors (Lipinski definition) is 5. The van der Waals surface area contributed by atoms with Crippen LogP contribution in [-0.2, 0) is 9.47 Å². The predicted molar refractivity (Wildman–Crippen MR) is 80.5 cm³/mol. The molecule has 0 radical (unpaired) electrons. The Balaban J connectivity index is 1.83. The van der Waals surface area contributed by atoms with Crippen molar-refractivity contribution in [3.63, 3.8) is 0 Å². The van der Waals surface area contributed by atoms with Gasteiger partial charge in [0.25, 0.3) is 0 Å². The van der Waals surface area contributed by atoms with Gasteiger partial charge in [-0.25, -0.2) is 4.79 Å². The topological polar surface area (TPSA) is 70.8 Å². The molecule has 1 atom stereocenters. The summed E-state index contributed by atoms with van der Waals surface area (Å²) >= 11 is 0. The van der Waals surface area contributed by atoms with Crippen molar-refractivity contribution >= 4 is 11.7 Å². The van der Waals surface area contributed by atoms with Crippen LogP contribution in [0.4, 0.5) is 5.69 Å². The molecule has 1 aliphatic rings. The summed E-state index contributed by atoms with van der Waals surface area (Å²) in [6.07, 6.45) is 4.31. The summed E-state index contributed by atoms with van der Waals surface area (Å²) in [6, 6.07) is 5.10. The Morgan fingerprint density at radius 2 is 2.33 bits per heavy atom. The first-order valence-electron chi connectivity index (χ1n) is 7.52. The van der Waals surface area contributed by atoms with Gasteiger partial charge in [0.2, 0.25) is 0 Å². The number of nitrogens with two attached hydrogens (primary N) is 1. The van der Waals surface area contributed by atoms with Gasteiger partial charge in [0.15, 0.2) is 5.75 Å². The van der Waals surface area contributed by atoms with Crippen LogP contribution in [0, 0.1) is 0 Å². The molecule has 1 fully saturated rings. The monoisotopic (exact) mass is 293 g/mol. The van der Waals surface area contributed by atoms with Crippen LogP contribution in [0.5, 0.6) is 5.75 Å². The zero-order valence-electron chi connectivity index (χ0n) is 12.5. The fraction of sp³-hybridized carbons (Fsp3) is 0.562. The highest BCUT2D eigenvalue weighted by molar-refractivity contribution is 5.94. The minimum absolute atomic E-state index is 0.329. The highest BCUT2D eigenvalue weighted by Crippen LogP contribution is 2.27. The molecule has 0 spiro atoms. The fourth-order valence-corrected chi connectivity index (χ4v) is 2.45. The van der Waals surface area contributed by atoms with Crippen molar-refractivity contribution in [3.05, 3.63) is 23.8 Å². The Kier molecular flexibility index (Phi) is 5.87. The van der Waals surface area contributed by atoms with Gasteiger partial charge in [-0.1, -0.05) is 6.07 Å². The smallest absolute Gasteiger partial charge is 0.342 e. The highest BCUT2D eigenvalue weighted by atomic mass is 16.5. The molecule has 0 aliphatic carbocycles. The van der Waals surface area contributed by atoms with Crippen LogP contribution >= 0.6 is 0 Å². The first-order chi connectivity index (χ1) is 10.2. The molecule has 0 saturated carbocycles. The van der Waals surface area contributed by atoms with E-state index < -0.39 is 5.97 Å². The van der Waals surface area contributed by atoms with E-state index in [2.05, 4.69) is 0 Å². The van der Waals surface area contributed by atoms with Crippen LogP contribution in [0.2, 0.25) is 0 Å². The molecule has 1 aliphatic heterocycles. The van der Waals surface area contributed by atoms with Crippen LogP contribution in [0.25, 0.3) is 0 Å². The van der Waals surface area contributed by atoms with Gasteiger partial charge in [-0.3, -0.25) is 0 Å². The number of ether oxygens (including phenoxy) is 3. The first-order valence-corrected chi connectivity index (χ1v) is 7.52. The van der Waals surface area contributed by atoms with Gasteiger partial charge in [-0.15, -0.1) is 0 Å². The van der Waals surface area contributed by atoms with Crippen molar-refractivity contribution < 1.29 is 19.0 Å². The number of para-hydroxylation sites is 1. The van der Waals surface area contributed by atoms with Crippen LogP contribution in [0.3, 0.4) is 0 Å². The lowest BCUT2D eigenvalue weighted by Crippen LogP contribution is -2.12. The molecular formula is C16H23NO4. The SMILES string of the molecule is CCOc1c(N)cccc1C(=O)OCCCC1CCCO1. The summed E-state index contributed by atoms with van der Waals surface area (Å²) in [4.78, 5) is 12.1. The number of rotatable bonds is 7. The van der Waals surface area contributed by atoms with Crippen LogP contribution in [0.15, 0.2) is 18.2 Å². The van der Waals surface area contributed by atoms with Gasteiger partial charge in [-0.05, 0) is 44.7 Å². The van der Waals surface area contributed by atoms with Gasteiger partial charge >= 0.3 is 5.97 Å². The van der Waals surface area contributed by atoms with Crippen molar-refractivity contribution in [2.75, 3.05) is 25.6 Å². The Labute approximate surface area is 125 Å². The molecule has 2 rings (SSSR count). The molecule has 1 saturated heterocycles. The van der Waals surface area contributed by atoms with Gasteiger partial charge in [0, 0.05) is 6.61 Å². The number of anilines is 1. The maximum absolute atomic E-state index is 12.1. The van der Waals surface area contributed by atoms with Gasteiger partial charge in [-0.2, -0.15) is 0 Å². The van der Waals surface area contributed by atoms with E-state index >= 15 is 0 Å². The average molecular weight is 293 g/mol. The second-order valence-corrected chi connectivity index (χ2v) is 5.07. The van der Waals surface area contributed by atoms with E-state index in [1.54, 1.807) is 18.2 Å². The minimum Gasteiger partial charge on any atom is -0.491 e. The van der Waals surface area contributed by atoms with Crippen molar-refractivity contribution in [3.8, 4) is 5.75 Å². The number of benzene rings is 1. The number of hydrogen-bond donors (Lipinski definition) is 1. The van der Waals surface area contributed by atoms with Gasteiger partial charge in [0.1, 0.15) is 5.56 Å². The van der Waals surface area contributed by atoms with E-state index in [0.29, 0.717) is 36.3 Å². The van der Waals surface area contributed by atoms with E-state index in [1.165, 1.54) is 0 Å². The largest absolute Gasteiger partial charge is 0.491 e. The van der Waals surface area contributed by atoms with Gasteiger partial charge in [0.05, 0.1) is 25.0 Å². The van der Waals surface area contributed by atoms with E-state index in [-0.39, 0.29) is 0 Å². The second-order valence-electron chi connectivity index (χ2n) is 5.07. The Hall–Kier alpha value is -1.75. The zero-order chi connectivity index (χ0) is 15.1. The van der Waals surface area contributed by atoms with Crippen LogP contribution < -0.4 is 10.5 Å². The average Bonchev–Trinajstić information content (AvgIpc) is 2.99. The number of esters is 1. The lowest BCUT2D eigenvalue weighted by atomic mass is 10.1. The first kappa shape index (κ1) is 15.6. The standard InChI is InChI=1S/C16H23NO4/c1-2-19-15-13(8-3-9-14(15)17)16(18)21-11-5-7-12-6-4-10-20-12/h3,8-9,12H,2,4-7,10-11,17H2,1H3. The molecule has 0 amide bonds. The molecule has 116 valence electrons. The molecule has 0 aromatic heterocycles. The van der Waals surface area contributed by atoms with Crippen molar-refractivity contribution in [1.82, 2.24) is 0 Å². The summed E-state index contributed by atoms with van der Waals surface area (Å²) < 4.78 is 16.3. The third-order valence-electron chi connectivity index (χ3n) is 3.48. The lowest BCUT2D eigenvalue weighted by Gasteiger charge is -2.13. The van der Waals surface area contributed by atoms with Crippen LogP contribution in [-0.4, -0.2) is 31.9 Å². The third kappa shape index (κ3) is 4.36. The fourth-order valence-electron chi connectivity index (χ4n) is 2.45. The summed E-state index contributed by atoms with van der Waals surface area (Å²) in [5.74, 6) is 0.0159. The summed E-state index contributed by atoms with van der Waals surface area (Å²) in [5.41, 5.74) is 6.67. The van der Waals surface area contributed by atoms with Crippen molar-refractivity contribution in [2.24, 2.45) is 0 Å². The molecule has 0 bridgehead atoms. The minimum atomic E-state index is -0.391. The molecule has 1 aromatic rings. The Morgan fingerprint density at radius 1 is 1.48 bits per heavy atom. The molecule has 1 unspecified atom stereocenters. The summed E-state index contributed by atoms with van der Waals surface area (Å²) in [7, 11) is 0. The van der Waals surface area contributed by atoms with E-state index in [1.807, 2.05) is 6.92 Å². The maximum Gasteiger partial charge on any atom is 0.342 e. The molecule has 1 heterocycles. The van der Waals surface area contributed by atoms with E-state index in [9.17, 15) is 4.79 Å². The van der Waals surface area contributed by atoms with Crippen molar-refractivity contribution in [1.29, 1.82) is 0 Å². The maximum atomic E-state index is 12.1. The molecule has 2 N–H and O–H groups in total. The molecule has 5 nitrogen and oxygen atoms in total. The quantitative estimate of drug-likeness (QED) is 0.475. The van der Waals surface area contributed by atoms with Crippen LogP contribution in [0.1, 0.15) is 43.0 Å². The van der Waals surface area contributed by atoms with Crippen molar-refractivity contribution in [2.45, 2.75) is 38.7 Å². The Bertz CT molecular complexity index is 469. The lowest BCUT2D eigenvalue weighted by molar-refractivity contribution is 0.0457. The van der Waals surface area contributed by atoms with E-state index in [0.717, 1.165) is 32.3 Å². The highest BCUT2D eigenvalue weighted by Gasteiger charge is 2.18. The number of carbonyl (C=O) groups excluding carboxylic acids is 1. The number of carbonyl (C=O) groups is 1. The van der Waals surface area contributed by atoms with Gasteiger partial charge < -0.3 is 19.9 Å². The third-order valence-corrected chi connectivity index (χ3v) is 3.48. The zero-order valence-corrected chi connectivity index (χ0v) is 12.5. The Morgan fingerprint density at radius 3 is 3.05 bits per heavy atom. The molecule has 21 heavy (non-hydrogen) atoms. The second kappa shape index (κ2) is 7.88. The summed E-state index contributed by atoms with van der Waals surface area (Å²) in [5, 5.41) is 0. The molecule has 5 heteroatoms. The summed E-state index contributed by atoms with van der Waals surface area (Å²) in [6.45, 7) is 3.54.